The van der Waals surface area contributed by atoms with Gasteiger partial charge in [0, 0.05) is 0 Å². The van der Waals surface area contributed by atoms with E-state index in [4.69, 9.17) is 0 Å². The minimum atomic E-state index is -0.335. The van der Waals surface area contributed by atoms with E-state index in [-0.39, 0.29) is 17.0 Å². The molecule has 1 aromatic heterocycles. The van der Waals surface area contributed by atoms with Crippen molar-refractivity contribution in [2.24, 2.45) is 10.2 Å². The number of aromatic nitrogens is 2. The van der Waals surface area contributed by atoms with E-state index in [1.807, 2.05) is 6.92 Å². The number of benzene rings is 1. The number of phenols is 1. The second-order valence-electron chi connectivity index (χ2n) is 3.74. The first-order chi connectivity index (χ1) is 8.08. The number of rotatable bonds is 2. The van der Waals surface area contributed by atoms with E-state index in [9.17, 15) is 9.90 Å². The number of hydrogen-bond acceptors (Lipinski definition) is 4. The molecule has 0 unspecified atom stereocenters. The summed E-state index contributed by atoms with van der Waals surface area (Å²) in [6.07, 6.45) is 0. The van der Waals surface area contributed by atoms with Gasteiger partial charge in [-0.15, -0.1) is 10.2 Å². The zero-order chi connectivity index (χ0) is 12.4. The molecule has 0 fully saturated rings. The molecule has 0 aliphatic rings. The van der Waals surface area contributed by atoms with Crippen LogP contribution in [0.25, 0.3) is 0 Å². The van der Waals surface area contributed by atoms with Crippen LogP contribution >= 0.6 is 0 Å². The predicted octanol–water partition coefficient (Wildman–Crippen LogP) is 2.44. The molecule has 0 saturated carbocycles. The van der Waals surface area contributed by atoms with E-state index in [2.05, 4.69) is 20.4 Å². The van der Waals surface area contributed by atoms with E-state index >= 15 is 0 Å². The number of nitrogens with zero attached hydrogens (tertiary/aromatic N) is 2. The summed E-state index contributed by atoms with van der Waals surface area (Å²) in [5.41, 5.74) is 1.77. The summed E-state index contributed by atoms with van der Waals surface area (Å²) in [6, 6.07) is 5.00. The third kappa shape index (κ3) is 2.25. The first kappa shape index (κ1) is 11.1. The molecule has 88 valence electrons. The van der Waals surface area contributed by atoms with E-state index in [1.165, 1.54) is 6.07 Å². The minimum Gasteiger partial charge on any atom is -0.506 e. The number of aromatic amines is 2. The average molecular weight is 232 g/mol. The van der Waals surface area contributed by atoms with Gasteiger partial charge in [-0.3, -0.25) is 9.89 Å². The third-order valence-corrected chi connectivity index (χ3v) is 2.32. The van der Waals surface area contributed by atoms with Gasteiger partial charge in [0.05, 0.1) is 5.69 Å². The standard InChI is InChI=1S/C11H12N4O2/c1-6-3-4-9(16)8(5-6)13-14-10-7(2)12-15-11(10)17/h3-5,16H,1-2H3,(H2,12,15,17). The summed E-state index contributed by atoms with van der Waals surface area (Å²) < 4.78 is 0. The molecule has 0 saturated heterocycles. The van der Waals surface area contributed by atoms with Crippen LogP contribution in [0.3, 0.4) is 0 Å². The Bertz CT molecular complexity index is 625. The highest BCUT2D eigenvalue weighted by Gasteiger charge is 2.05. The lowest BCUT2D eigenvalue weighted by Gasteiger charge is -1.98. The van der Waals surface area contributed by atoms with Gasteiger partial charge in [0.25, 0.3) is 5.56 Å². The second kappa shape index (κ2) is 4.25. The molecule has 17 heavy (non-hydrogen) atoms. The number of azo groups is 1. The molecule has 0 radical (unpaired) electrons. The van der Waals surface area contributed by atoms with E-state index < -0.39 is 0 Å². The summed E-state index contributed by atoms with van der Waals surface area (Å²) in [6.45, 7) is 3.59. The number of hydrogen-bond donors (Lipinski definition) is 3. The maximum Gasteiger partial charge on any atom is 0.291 e. The fourth-order valence-electron chi connectivity index (χ4n) is 1.38. The number of H-pyrrole nitrogens is 2. The SMILES string of the molecule is Cc1ccc(O)c(N=Nc2c(C)[nH][nH]c2=O)c1. The van der Waals surface area contributed by atoms with Crippen molar-refractivity contribution in [3.05, 3.63) is 39.8 Å². The van der Waals surface area contributed by atoms with Crippen LogP contribution < -0.4 is 5.56 Å². The highest BCUT2D eigenvalue weighted by molar-refractivity contribution is 5.52. The van der Waals surface area contributed by atoms with Gasteiger partial charge in [0.2, 0.25) is 0 Å². The Morgan fingerprint density at radius 2 is 1.94 bits per heavy atom. The van der Waals surface area contributed by atoms with Crippen LogP contribution in [-0.4, -0.2) is 15.3 Å². The van der Waals surface area contributed by atoms with Crippen LogP contribution in [0.15, 0.2) is 33.2 Å². The van der Waals surface area contributed by atoms with Gasteiger partial charge < -0.3 is 10.2 Å². The molecule has 2 aromatic rings. The zero-order valence-electron chi connectivity index (χ0n) is 9.48. The molecule has 6 nitrogen and oxygen atoms in total. The number of aryl methyl sites for hydroxylation is 2. The highest BCUT2D eigenvalue weighted by Crippen LogP contribution is 2.28. The molecule has 3 N–H and O–H groups in total. The van der Waals surface area contributed by atoms with E-state index in [0.717, 1.165) is 5.56 Å². The highest BCUT2D eigenvalue weighted by atomic mass is 16.3. The molecule has 0 aliphatic heterocycles. The van der Waals surface area contributed by atoms with Crippen molar-refractivity contribution in [3.8, 4) is 5.75 Å². The van der Waals surface area contributed by atoms with E-state index in [1.54, 1.807) is 19.1 Å². The first-order valence-corrected chi connectivity index (χ1v) is 5.06. The van der Waals surface area contributed by atoms with E-state index in [0.29, 0.717) is 11.4 Å². The normalized spacial score (nSPS) is 11.2. The van der Waals surface area contributed by atoms with Crippen LogP contribution in [0.2, 0.25) is 0 Å². The van der Waals surface area contributed by atoms with Gasteiger partial charge in [-0.2, -0.15) is 0 Å². The Balaban J connectivity index is 2.39. The quantitative estimate of drug-likeness (QED) is 0.693. The molecule has 1 aromatic carbocycles. The molecule has 0 atom stereocenters. The van der Waals surface area contributed by atoms with Gasteiger partial charge in [0.1, 0.15) is 11.4 Å². The van der Waals surface area contributed by atoms with Crippen LogP contribution in [0.5, 0.6) is 5.75 Å². The Morgan fingerprint density at radius 1 is 1.18 bits per heavy atom. The molecule has 1 heterocycles. The van der Waals surface area contributed by atoms with Crippen LogP contribution in [0.1, 0.15) is 11.3 Å². The Morgan fingerprint density at radius 3 is 2.59 bits per heavy atom. The summed E-state index contributed by atoms with van der Waals surface area (Å²) in [7, 11) is 0. The van der Waals surface area contributed by atoms with Crippen LogP contribution in [-0.2, 0) is 0 Å². The average Bonchev–Trinajstić information content (AvgIpc) is 2.61. The molecule has 0 amide bonds. The molecular weight excluding hydrogens is 220 g/mol. The molecule has 0 aliphatic carbocycles. The lowest BCUT2D eigenvalue weighted by atomic mass is 10.2. The lowest BCUT2D eigenvalue weighted by Crippen LogP contribution is -1.96. The fourth-order valence-corrected chi connectivity index (χ4v) is 1.38. The second-order valence-corrected chi connectivity index (χ2v) is 3.74. The van der Waals surface area contributed by atoms with Crippen molar-refractivity contribution >= 4 is 11.4 Å². The topological polar surface area (TPSA) is 93.6 Å². The smallest absolute Gasteiger partial charge is 0.291 e. The number of aromatic hydroxyl groups is 1. The summed E-state index contributed by atoms with van der Waals surface area (Å²) in [5.74, 6) is 0.0315. The number of nitrogens with one attached hydrogen (secondary N) is 2. The molecule has 0 bridgehead atoms. The first-order valence-electron chi connectivity index (χ1n) is 5.06. The third-order valence-electron chi connectivity index (χ3n) is 2.32. The van der Waals surface area contributed by atoms with Crippen molar-refractivity contribution in [2.45, 2.75) is 13.8 Å². The maximum atomic E-state index is 11.3. The van der Waals surface area contributed by atoms with Gasteiger partial charge in [-0.1, -0.05) is 6.07 Å². The summed E-state index contributed by atoms with van der Waals surface area (Å²) in [4.78, 5) is 11.3. The van der Waals surface area contributed by atoms with Gasteiger partial charge in [-0.05, 0) is 31.5 Å². The summed E-state index contributed by atoms with van der Waals surface area (Å²) >= 11 is 0. The Labute approximate surface area is 97.0 Å². The predicted molar refractivity (Wildman–Crippen MR) is 63.2 cm³/mol. The molecule has 0 spiro atoms. The minimum absolute atomic E-state index is 0.0315. The fraction of sp³-hybridized carbons (Fsp3) is 0.182. The summed E-state index contributed by atoms with van der Waals surface area (Å²) in [5, 5.41) is 22.3. The lowest BCUT2D eigenvalue weighted by molar-refractivity contribution is 0.476. The van der Waals surface area contributed by atoms with Crippen LogP contribution in [0, 0.1) is 13.8 Å². The van der Waals surface area contributed by atoms with Crippen molar-refractivity contribution in [1.29, 1.82) is 0 Å². The Kier molecular flexibility index (Phi) is 2.78. The molecular formula is C11H12N4O2. The van der Waals surface area contributed by atoms with Crippen molar-refractivity contribution in [3.63, 3.8) is 0 Å². The van der Waals surface area contributed by atoms with Crippen molar-refractivity contribution in [2.75, 3.05) is 0 Å². The number of phenolic OH excluding ortho intramolecular Hbond substituents is 1. The molecule has 2 rings (SSSR count). The van der Waals surface area contributed by atoms with Crippen LogP contribution in [0.4, 0.5) is 11.4 Å². The van der Waals surface area contributed by atoms with Crippen molar-refractivity contribution < 1.29 is 5.11 Å². The van der Waals surface area contributed by atoms with Gasteiger partial charge in [-0.25, -0.2) is 0 Å². The largest absolute Gasteiger partial charge is 0.506 e. The monoisotopic (exact) mass is 232 g/mol. The maximum absolute atomic E-state index is 11.3. The van der Waals surface area contributed by atoms with Gasteiger partial charge in [0.15, 0.2) is 5.69 Å². The zero-order valence-corrected chi connectivity index (χ0v) is 9.48. The van der Waals surface area contributed by atoms with Crippen molar-refractivity contribution in [1.82, 2.24) is 10.2 Å². The van der Waals surface area contributed by atoms with Gasteiger partial charge >= 0.3 is 0 Å². The Hall–Kier alpha value is -2.37. The molecule has 6 heteroatoms.